The highest BCUT2D eigenvalue weighted by Gasteiger charge is 2.45. The first-order valence-corrected chi connectivity index (χ1v) is 14.5. The lowest BCUT2D eigenvalue weighted by Crippen LogP contribution is -2.42. The monoisotopic (exact) mass is 601 g/mol. The molecule has 42 heavy (non-hydrogen) atoms. The molecule has 1 atom stereocenters. The van der Waals surface area contributed by atoms with Gasteiger partial charge in [-0.3, -0.25) is 9.69 Å². The van der Waals surface area contributed by atoms with Crippen molar-refractivity contribution in [2.75, 3.05) is 12.0 Å². The predicted octanol–water partition coefficient (Wildman–Crippen LogP) is 8.14. The van der Waals surface area contributed by atoms with E-state index in [1.165, 1.54) is 0 Å². The van der Waals surface area contributed by atoms with Crippen molar-refractivity contribution in [3.05, 3.63) is 110 Å². The van der Waals surface area contributed by atoms with Crippen molar-refractivity contribution >= 4 is 34.7 Å². The number of aryl methyl sites for hydroxylation is 1. The summed E-state index contributed by atoms with van der Waals surface area (Å²) in [5.74, 6) is 1.07. The second-order valence-corrected chi connectivity index (χ2v) is 12.4. The van der Waals surface area contributed by atoms with Gasteiger partial charge in [-0.1, -0.05) is 60.8 Å². The van der Waals surface area contributed by atoms with Gasteiger partial charge in [-0.2, -0.15) is 5.26 Å². The molecule has 0 aromatic heterocycles. The fourth-order valence-electron chi connectivity index (χ4n) is 6.01. The quantitative estimate of drug-likeness (QED) is 0.307. The summed E-state index contributed by atoms with van der Waals surface area (Å²) < 4.78 is 11.4. The number of ether oxygens (including phenoxy) is 2. The lowest BCUT2D eigenvalue weighted by molar-refractivity contribution is -0.118. The minimum atomic E-state index is -0.623. The molecular weight excluding hydrogens is 569 g/mol. The van der Waals surface area contributed by atoms with E-state index in [9.17, 15) is 10.1 Å². The van der Waals surface area contributed by atoms with Crippen molar-refractivity contribution in [1.82, 2.24) is 0 Å². The van der Waals surface area contributed by atoms with Crippen molar-refractivity contribution < 1.29 is 14.3 Å². The standard InChI is InChI=1S/C34H33Cl2N3O3/c1-19-13-21(18-42-23-11-9-22(41-5)10-12-23)20(2)24(14-19)30-25(17-37)33(38)39(27-8-6-7-26(35)32(27)36)28-15-34(3,4)16-29(40)31(28)30/h6-14,30H,15-16,18,38H2,1-5H3. The topological polar surface area (TPSA) is 88.6 Å². The molecule has 1 unspecified atom stereocenters. The smallest absolute Gasteiger partial charge is 0.162 e. The Labute approximate surface area is 256 Å². The zero-order valence-corrected chi connectivity index (χ0v) is 25.9. The largest absolute Gasteiger partial charge is 0.497 e. The Balaban J connectivity index is 1.66. The Morgan fingerprint density at radius 1 is 1.07 bits per heavy atom. The number of halogens is 2. The number of Topliss-reactive ketones (excluding diaryl/α,β-unsaturated/α-hetero) is 1. The molecule has 0 saturated carbocycles. The van der Waals surface area contributed by atoms with Crippen LogP contribution in [0.25, 0.3) is 0 Å². The molecule has 1 aliphatic carbocycles. The highest BCUT2D eigenvalue weighted by atomic mass is 35.5. The number of hydrogen-bond acceptors (Lipinski definition) is 6. The van der Waals surface area contributed by atoms with Crippen molar-refractivity contribution in [2.45, 2.75) is 53.1 Å². The van der Waals surface area contributed by atoms with Crippen LogP contribution in [-0.2, 0) is 11.4 Å². The van der Waals surface area contributed by atoms with Crippen molar-refractivity contribution in [2.24, 2.45) is 11.1 Å². The van der Waals surface area contributed by atoms with E-state index in [4.69, 9.17) is 38.4 Å². The molecule has 3 aromatic carbocycles. The number of ketones is 1. The Hall–Kier alpha value is -3.92. The van der Waals surface area contributed by atoms with Crippen LogP contribution in [0.4, 0.5) is 5.69 Å². The van der Waals surface area contributed by atoms with Gasteiger partial charge in [0.2, 0.25) is 0 Å². The molecule has 2 N–H and O–H groups in total. The van der Waals surface area contributed by atoms with Gasteiger partial charge < -0.3 is 15.2 Å². The molecule has 0 bridgehead atoms. The van der Waals surface area contributed by atoms with E-state index >= 15 is 0 Å². The maximum atomic E-state index is 14.0. The van der Waals surface area contributed by atoms with Gasteiger partial charge in [-0.15, -0.1) is 0 Å². The number of allylic oxidation sites excluding steroid dienone is 3. The minimum absolute atomic E-state index is 0.00779. The lowest BCUT2D eigenvalue weighted by atomic mass is 9.68. The molecule has 0 fully saturated rings. The number of hydrogen-bond donors (Lipinski definition) is 1. The summed E-state index contributed by atoms with van der Waals surface area (Å²) in [6.07, 6.45) is 0.932. The third-order valence-electron chi connectivity index (χ3n) is 8.02. The van der Waals surface area contributed by atoms with E-state index in [2.05, 4.69) is 26.0 Å². The third kappa shape index (κ3) is 5.35. The van der Waals surface area contributed by atoms with Crippen molar-refractivity contribution in [3.63, 3.8) is 0 Å². The minimum Gasteiger partial charge on any atom is -0.497 e. The SMILES string of the molecule is COc1ccc(OCc2cc(C)cc(C3C(C#N)=C(N)N(c4cccc(Cl)c4Cl)C4=C3C(=O)CC(C)(C)C4)c2C)cc1. The number of carbonyl (C=O) groups is 1. The average molecular weight is 603 g/mol. The molecule has 0 radical (unpaired) electrons. The van der Waals surface area contributed by atoms with Crippen LogP contribution in [0.15, 0.2) is 77.3 Å². The van der Waals surface area contributed by atoms with Crippen LogP contribution in [0.3, 0.4) is 0 Å². The first kappa shape index (κ1) is 29.6. The number of nitrogens with two attached hydrogens (primary N) is 1. The Kier molecular flexibility index (Phi) is 8.02. The first-order chi connectivity index (χ1) is 20.0. The highest BCUT2D eigenvalue weighted by molar-refractivity contribution is 6.43. The first-order valence-electron chi connectivity index (χ1n) is 13.7. The number of nitrogens with zero attached hydrogens (tertiary/aromatic N) is 2. The summed E-state index contributed by atoms with van der Waals surface area (Å²) in [7, 11) is 1.62. The molecule has 1 heterocycles. The normalized spacial score (nSPS) is 18.1. The number of methoxy groups -OCH3 is 1. The van der Waals surface area contributed by atoms with Gasteiger partial charge in [0.15, 0.2) is 5.78 Å². The molecule has 1 aliphatic heterocycles. The van der Waals surface area contributed by atoms with Crippen LogP contribution in [0.5, 0.6) is 11.5 Å². The fourth-order valence-corrected chi connectivity index (χ4v) is 6.39. The van der Waals surface area contributed by atoms with Crippen molar-refractivity contribution in [3.8, 4) is 17.6 Å². The van der Waals surface area contributed by atoms with Gasteiger partial charge in [0, 0.05) is 17.7 Å². The summed E-state index contributed by atoms with van der Waals surface area (Å²) >= 11 is 13.1. The third-order valence-corrected chi connectivity index (χ3v) is 8.83. The molecule has 216 valence electrons. The van der Waals surface area contributed by atoms with Gasteiger partial charge in [0.05, 0.1) is 40.4 Å². The number of nitriles is 1. The van der Waals surface area contributed by atoms with Gasteiger partial charge >= 0.3 is 0 Å². The van der Waals surface area contributed by atoms with Crippen LogP contribution in [0, 0.1) is 30.6 Å². The van der Waals surface area contributed by atoms with E-state index < -0.39 is 5.92 Å². The van der Waals surface area contributed by atoms with Crippen LogP contribution >= 0.6 is 23.2 Å². The number of anilines is 1. The number of carbonyl (C=O) groups excluding carboxylic acids is 1. The van der Waals surface area contributed by atoms with E-state index in [0.717, 1.165) is 33.7 Å². The second-order valence-electron chi connectivity index (χ2n) is 11.7. The second kappa shape index (κ2) is 11.4. The Morgan fingerprint density at radius 2 is 1.76 bits per heavy atom. The molecular formula is C34H33Cl2N3O3. The highest BCUT2D eigenvalue weighted by Crippen LogP contribution is 2.52. The summed E-state index contributed by atoms with van der Waals surface area (Å²) in [5, 5.41) is 11.2. The molecule has 2 aliphatic rings. The zero-order chi connectivity index (χ0) is 30.3. The van der Waals surface area contributed by atoms with Crippen LogP contribution in [0.1, 0.15) is 54.9 Å². The van der Waals surface area contributed by atoms with Gasteiger partial charge in [-0.05, 0) is 78.8 Å². The molecule has 5 rings (SSSR count). The average Bonchev–Trinajstić information content (AvgIpc) is 2.94. The molecule has 3 aromatic rings. The van der Waals surface area contributed by atoms with Crippen LogP contribution in [-0.4, -0.2) is 12.9 Å². The van der Waals surface area contributed by atoms with E-state index in [1.807, 2.05) is 44.2 Å². The lowest BCUT2D eigenvalue weighted by Gasteiger charge is -2.44. The van der Waals surface area contributed by atoms with Gasteiger partial charge in [0.25, 0.3) is 0 Å². The van der Waals surface area contributed by atoms with Gasteiger partial charge in [-0.25, -0.2) is 0 Å². The van der Waals surface area contributed by atoms with Crippen LogP contribution < -0.4 is 20.1 Å². The number of rotatable bonds is 6. The summed E-state index contributed by atoms with van der Waals surface area (Å²) in [4.78, 5) is 15.8. The fraction of sp³-hybridized carbons (Fsp3) is 0.294. The summed E-state index contributed by atoms with van der Waals surface area (Å²) in [5.41, 5.74) is 12.4. The molecule has 0 amide bonds. The molecule has 8 heteroatoms. The maximum Gasteiger partial charge on any atom is 0.162 e. The maximum absolute atomic E-state index is 14.0. The zero-order valence-electron chi connectivity index (χ0n) is 24.3. The number of benzene rings is 3. The van der Waals surface area contributed by atoms with Crippen LogP contribution in [0.2, 0.25) is 10.0 Å². The summed E-state index contributed by atoms with van der Waals surface area (Å²) in [6.45, 7) is 8.45. The van der Waals surface area contributed by atoms with E-state index in [1.54, 1.807) is 30.2 Å². The van der Waals surface area contributed by atoms with Crippen molar-refractivity contribution in [1.29, 1.82) is 5.26 Å². The Bertz CT molecular complexity index is 1680. The molecule has 0 spiro atoms. The van der Waals surface area contributed by atoms with E-state index in [-0.39, 0.29) is 17.0 Å². The predicted molar refractivity (Wildman–Crippen MR) is 167 cm³/mol. The molecule has 6 nitrogen and oxygen atoms in total. The summed E-state index contributed by atoms with van der Waals surface area (Å²) in [6, 6.07) is 19.2. The van der Waals surface area contributed by atoms with Gasteiger partial charge in [0.1, 0.15) is 23.9 Å². The Morgan fingerprint density at radius 3 is 2.43 bits per heavy atom. The van der Waals surface area contributed by atoms with E-state index in [0.29, 0.717) is 52.1 Å². The molecule has 0 saturated heterocycles.